The smallest absolute Gasteiger partial charge is 0.191 e. The van der Waals surface area contributed by atoms with E-state index in [0.29, 0.717) is 18.6 Å². The van der Waals surface area contributed by atoms with E-state index in [-0.39, 0.29) is 0 Å². The summed E-state index contributed by atoms with van der Waals surface area (Å²) in [5, 5.41) is 15.5. The molecule has 1 fully saturated rings. The third-order valence-electron chi connectivity index (χ3n) is 5.53. The van der Waals surface area contributed by atoms with Crippen LogP contribution in [0.15, 0.2) is 4.99 Å². The van der Waals surface area contributed by atoms with Crippen molar-refractivity contribution in [1.29, 1.82) is 0 Å². The fraction of sp³-hybridized carbons (Fsp3) is 0.850. The van der Waals surface area contributed by atoms with Crippen molar-refractivity contribution < 1.29 is 0 Å². The number of likely N-dealkylation sites (N-methyl/N-ethyl adjacent to an activating group) is 1. The van der Waals surface area contributed by atoms with Gasteiger partial charge in [0.05, 0.1) is 0 Å². The predicted molar refractivity (Wildman–Crippen MR) is 112 cm³/mol. The van der Waals surface area contributed by atoms with Crippen LogP contribution < -0.4 is 10.6 Å². The summed E-state index contributed by atoms with van der Waals surface area (Å²) in [6, 6.07) is 0.996. The van der Waals surface area contributed by atoms with E-state index in [0.717, 1.165) is 43.0 Å². The Morgan fingerprint density at radius 2 is 2.04 bits per heavy atom. The molecule has 2 atom stereocenters. The Kier molecular flexibility index (Phi) is 8.54. The van der Waals surface area contributed by atoms with Crippen LogP contribution in [0.3, 0.4) is 0 Å². The SMILES string of the molecule is CCN1CCCC1CNC(=NCc1nnc(C)n1C)NC(C)CCC(C)C. The monoisotopic (exact) mass is 377 g/mol. The molecule has 27 heavy (non-hydrogen) atoms. The Balaban J connectivity index is 1.98. The lowest BCUT2D eigenvalue weighted by molar-refractivity contribution is 0.266. The first kappa shape index (κ1) is 21.7. The summed E-state index contributed by atoms with van der Waals surface area (Å²) < 4.78 is 2.00. The first-order chi connectivity index (χ1) is 12.9. The van der Waals surface area contributed by atoms with Gasteiger partial charge in [-0.1, -0.05) is 20.8 Å². The lowest BCUT2D eigenvalue weighted by Crippen LogP contribution is -2.47. The van der Waals surface area contributed by atoms with Crippen molar-refractivity contribution in [2.75, 3.05) is 19.6 Å². The lowest BCUT2D eigenvalue weighted by Gasteiger charge is -2.25. The molecule has 0 bridgehead atoms. The maximum Gasteiger partial charge on any atom is 0.191 e. The second kappa shape index (κ2) is 10.6. The zero-order valence-corrected chi connectivity index (χ0v) is 18.1. The number of aromatic nitrogens is 3. The average Bonchev–Trinajstić information content (AvgIpc) is 3.22. The quantitative estimate of drug-likeness (QED) is 0.511. The molecule has 1 aliphatic rings. The molecule has 1 aromatic heterocycles. The molecule has 0 aromatic carbocycles. The van der Waals surface area contributed by atoms with E-state index in [2.05, 4.69) is 53.4 Å². The maximum atomic E-state index is 4.80. The third kappa shape index (κ3) is 6.79. The van der Waals surface area contributed by atoms with Crippen LogP contribution >= 0.6 is 0 Å². The van der Waals surface area contributed by atoms with Gasteiger partial charge >= 0.3 is 0 Å². The fourth-order valence-corrected chi connectivity index (χ4v) is 3.54. The molecule has 0 aliphatic carbocycles. The summed E-state index contributed by atoms with van der Waals surface area (Å²) in [6.07, 6.45) is 4.92. The van der Waals surface area contributed by atoms with Gasteiger partial charge in [0.1, 0.15) is 12.4 Å². The highest BCUT2D eigenvalue weighted by Gasteiger charge is 2.23. The first-order valence-corrected chi connectivity index (χ1v) is 10.5. The van der Waals surface area contributed by atoms with E-state index in [1.807, 2.05) is 18.5 Å². The highest BCUT2D eigenvalue weighted by Crippen LogP contribution is 2.15. The summed E-state index contributed by atoms with van der Waals surface area (Å²) >= 11 is 0. The van der Waals surface area contributed by atoms with E-state index in [1.165, 1.54) is 25.8 Å². The van der Waals surface area contributed by atoms with Gasteiger partial charge < -0.3 is 15.2 Å². The maximum absolute atomic E-state index is 4.80. The van der Waals surface area contributed by atoms with Gasteiger partial charge in [0.15, 0.2) is 11.8 Å². The molecule has 7 heteroatoms. The van der Waals surface area contributed by atoms with Crippen LogP contribution in [-0.2, 0) is 13.6 Å². The number of hydrogen-bond acceptors (Lipinski definition) is 4. The van der Waals surface area contributed by atoms with Crippen molar-refractivity contribution in [3.8, 4) is 0 Å². The molecule has 1 aromatic rings. The van der Waals surface area contributed by atoms with Crippen molar-refractivity contribution >= 4 is 5.96 Å². The second-order valence-corrected chi connectivity index (χ2v) is 8.21. The molecule has 2 heterocycles. The van der Waals surface area contributed by atoms with Gasteiger partial charge in [-0.25, -0.2) is 4.99 Å². The van der Waals surface area contributed by atoms with Crippen molar-refractivity contribution in [3.63, 3.8) is 0 Å². The van der Waals surface area contributed by atoms with E-state index < -0.39 is 0 Å². The molecule has 154 valence electrons. The Morgan fingerprint density at radius 3 is 2.67 bits per heavy atom. The molecule has 0 spiro atoms. The van der Waals surface area contributed by atoms with Crippen LogP contribution in [0.4, 0.5) is 0 Å². The number of guanidine groups is 1. The number of aryl methyl sites for hydroxylation is 1. The molecule has 2 rings (SSSR count). The minimum absolute atomic E-state index is 0.394. The average molecular weight is 378 g/mol. The molecule has 0 amide bonds. The Morgan fingerprint density at radius 1 is 1.26 bits per heavy atom. The molecule has 0 radical (unpaired) electrons. The minimum atomic E-state index is 0.394. The van der Waals surface area contributed by atoms with E-state index in [9.17, 15) is 0 Å². The summed E-state index contributed by atoms with van der Waals surface area (Å²) in [4.78, 5) is 7.35. The third-order valence-corrected chi connectivity index (χ3v) is 5.53. The molecule has 7 nitrogen and oxygen atoms in total. The standard InChI is InChI=1S/C20H39N7/c1-7-27-12-8-9-18(27)13-21-20(23-16(4)11-10-15(2)3)22-14-19-25-24-17(5)26(19)6/h15-16,18H,7-14H2,1-6H3,(H2,21,22,23). The number of rotatable bonds is 9. The van der Waals surface area contributed by atoms with Gasteiger partial charge in [0.25, 0.3) is 0 Å². The van der Waals surface area contributed by atoms with Crippen molar-refractivity contribution in [3.05, 3.63) is 11.6 Å². The fourth-order valence-electron chi connectivity index (χ4n) is 3.54. The van der Waals surface area contributed by atoms with E-state index in [4.69, 9.17) is 4.99 Å². The van der Waals surface area contributed by atoms with Crippen molar-refractivity contribution in [2.24, 2.45) is 18.0 Å². The van der Waals surface area contributed by atoms with Crippen LogP contribution in [0.2, 0.25) is 0 Å². The van der Waals surface area contributed by atoms with Crippen LogP contribution in [0.5, 0.6) is 0 Å². The van der Waals surface area contributed by atoms with E-state index in [1.54, 1.807) is 0 Å². The van der Waals surface area contributed by atoms with Gasteiger partial charge in [0.2, 0.25) is 0 Å². The van der Waals surface area contributed by atoms with E-state index >= 15 is 0 Å². The highest BCUT2D eigenvalue weighted by molar-refractivity contribution is 5.80. The Labute approximate surface area is 165 Å². The predicted octanol–water partition coefficient (Wildman–Crippen LogP) is 2.47. The lowest BCUT2D eigenvalue weighted by atomic mass is 10.0. The Bertz CT molecular complexity index is 593. The highest BCUT2D eigenvalue weighted by atomic mass is 15.3. The molecule has 1 saturated heterocycles. The van der Waals surface area contributed by atoms with Gasteiger partial charge in [0, 0.05) is 25.7 Å². The number of hydrogen-bond donors (Lipinski definition) is 2. The normalized spacial score (nSPS) is 19.7. The number of nitrogens with zero attached hydrogens (tertiary/aromatic N) is 5. The van der Waals surface area contributed by atoms with Crippen LogP contribution in [-0.4, -0.2) is 57.3 Å². The largest absolute Gasteiger partial charge is 0.355 e. The Hall–Kier alpha value is -1.63. The number of nitrogens with one attached hydrogen (secondary N) is 2. The summed E-state index contributed by atoms with van der Waals surface area (Å²) in [5.74, 6) is 3.41. The van der Waals surface area contributed by atoms with Gasteiger partial charge in [-0.05, 0) is 58.5 Å². The number of likely N-dealkylation sites (tertiary alicyclic amines) is 1. The molecule has 1 aliphatic heterocycles. The van der Waals surface area contributed by atoms with Crippen molar-refractivity contribution in [2.45, 2.75) is 78.9 Å². The molecular formula is C20H39N7. The topological polar surface area (TPSA) is 70.4 Å². The summed E-state index contributed by atoms with van der Waals surface area (Å²) in [5.41, 5.74) is 0. The number of aliphatic imine (C=N–C) groups is 1. The minimum Gasteiger partial charge on any atom is -0.355 e. The molecule has 2 N–H and O–H groups in total. The summed E-state index contributed by atoms with van der Waals surface area (Å²) in [6.45, 7) is 14.8. The van der Waals surface area contributed by atoms with Gasteiger partial charge in [-0.15, -0.1) is 10.2 Å². The molecule has 2 unspecified atom stereocenters. The second-order valence-electron chi connectivity index (χ2n) is 8.21. The van der Waals surface area contributed by atoms with Crippen LogP contribution in [0.25, 0.3) is 0 Å². The van der Waals surface area contributed by atoms with Crippen molar-refractivity contribution in [1.82, 2.24) is 30.3 Å². The zero-order valence-electron chi connectivity index (χ0n) is 18.1. The first-order valence-electron chi connectivity index (χ1n) is 10.5. The van der Waals surface area contributed by atoms with Gasteiger partial charge in [-0.3, -0.25) is 4.90 Å². The van der Waals surface area contributed by atoms with Gasteiger partial charge in [-0.2, -0.15) is 0 Å². The van der Waals surface area contributed by atoms with Crippen LogP contribution in [0.1, 0.15) is 65.0 Å². The summed E-state index contributed by atoms with van der Waals surface area (Å²) in [7, 11) is 1.99. The zero-order chi connectivity index (χ0) is 19.8. The van der Waals surface area contributed by atoms with Crippen LogP contribution in [0, 0.1) is 12.8 Å². The molecular weight excluding hydrogens is 338 g/mol. The molecule has 0 saturated carbocycles.